The lowest BCUT2D eigenvalue weighted by atomic mass is 10.2. The van der Waals surface area contributed by atoms with E-state index in [1.807, 2.05) is 28.5 Å². The minimum atomic E-state index is 0.155. The number of halogens is 1. The van der Waals surface area contributed by atoms with E-state index < -0.39 is 0 Å². The van der Waals surface area contributed by atoms with Gasteiger partial charge in [0, 0.05) is 22.7 Å². The van der Waals surface area contributed by atoms with E-state index in [2.05, 4.69) is 12.6 Å². The fourth-order valence-electron chi connectivity index (χ4n) is 1.88. The van der Waals surface area contributed by atoms with Gasteiger partial charge in [-0.15, -0.1) is 29.3 Å². The Bertz CT molecular complexity index is 562. The van der Waals surface area contributed by atoms with Crippen molar-refractivity contribution in [1.29, 1.82) is 0 Å². The van der Waals surface area contributed by atoms with Gasteiger partial charge in [0.05, 0.1) is 10.9 Å². The van der Waals surface area contributed by atoms with Gasteiger partial charge in [-0.1, -0.05) is 23.7 Å². The summed E-state index contributed by atoms with van der Waals surface area (Å²) in [6, 6.07) is 7.91. The van der Waals surface area contributed by atoms with Gasteiger partial charge < -0.3 is 4.90 Å². The summed E-state index contributed by atoms with van der Waals surface area (Å²) in [5.74, 6) is 0.155. The average Bonchev–Trinajstić information content (AvgIpc) is 3.07. The van der Waals surface area contributed by atoms with Gasteiger partial charge >= 0.3 is 0 Å². The van der Waals surface area contributed by atoms with Crippen molar-refractivity contribution in [3.05, 3.63) is 56.4 Å². The molecule has 0 fully saturated rings. The van der Waals surface area contributed by atoms with Crippen LogP contribution in [-0.4, -0.2) is 17.4 Å². The largest absolute Gasteiger partial charge is 0.334 e. The van der Waals surface area contributed by atoms with E-state index in [9.17, 15) is 4.79 Å². The molecule has 0 spiro atoms. The van der Waals surface area contributed by atoms with Gasteiger partial charge in [-0.05, 0) is 30.0 Å². The number of carbonyl (C=O) groups is 1. The predicted octanol–water partition coefficient (Wildman–Crippen LogP) is 4.61. The number of amides is 1. The van der Waals surface area contributed by atoms with E-state index in [0.29, 0.717) is 19.5 Å². The Morgan fingerprint density at radius 3 is 2.80 bits per heavy atom. The fraction of sp³-hybridized carbons (Fsp3) is 0.267. The lowest BCUT2D eigenvalue weighted by molar-refractivity contribution is -0.131. The molecule has 0 unspecified atom stereocenters. The molecule has 5 heteroatoms. The Morgan fingerprint density at radius 1 is 1.35 bits per heavy atom. The van der Waals surface area contributed by atoms with Gasteiger partial charge in [0.25, 0.3) is 0 Å². The van der Waals surface area contributed by atoms with Crippen LogP contribution in [0, 0.1) is 0 Å². The first-order valence-electron chi connectivity index (χ1n) is 6.34. The van der Waals surface area contributed by atoms with Crippen LogP contribution in [0.25, 0.3) is 0 Å². The molecule has 106 valence electrons. The minimum absolute atomic E-state index is 0.155. The van der Waals surface area contributed by atoms with E-state index in [1.54, 1.807) is 17.4 Å². The summed E-state index contributed by atoms with van der Waals surface area (Å²) in [5.41, 5.74) is 0. The topological polar surface area (TPSA) is 20.3 Å². The molecular weight excluding hydrogens is 310 g/mol. The van der Waals surface area contributed by atoms with Crippen molar-refractivity contribution >= 4 is 40.2 Å². The van der Waals surface area contributed by atoms with Crippen LogP contribution >= 0.6 is 34.3 Å². The first kappa shape index (κ1) is 15.3. The molecule has 2 heterocycles. The highest BCUT2D eigenvalue weighted by molar-refractivity contribution is 7.16. The van der Waals surface area contributed by atoms with Crippen LogP contribution in [0.5, 0.6) is 0 Å². The van der Waals surface area contributed by atoms with Crippen LogP contribution in [0.1, 0.15) is 16.2 Å². The zero-order chi connectivity index (χ0) is 14.4. The monoisotopic (exact) mass is 325 g/mol. The smallest absolute Gasteiger partial charge is 0.223 e. The second-order valence-electron chi connectivity index (χ2n) is 4.35. The normalized spacial score (nSPS) is 10.4. The molecule has 2 aromatic heterocycles. The molecule has 0 bridgehead atoms. The van der Waals surface area contributed by atoms with Gasteiger partial charge in [-0.25, -0.2) is 0 Å². The lowest BCUT2D eigenvalue weighted by Gasteiger charge is -2.20. The summed E-state index contributed by atoms with van der Waals surface area (Å²) in [6.07, 6.45) is 3.10. The Labute approximate surface area is 132 Å². The van der Waals surface area contributed by atoms with Gasteiger partial charge in [-0.2, -0.15) is 0 Å². The van der Waals surface area contributed by atoms with E-state index in [-0.39, 0.29) is 5.91 Å². The van der Waals surface area contributed by atoms with Crippen LogP contribution in [-0.2, 0) is 17.8 Å². The highest BCUT2D eigenvalue weighted by Gasteiger charge is 2.14. The Morgan fingerprint density at radius 2 is 2.20 bits per heavy atom. The number of thiophene rings is 2. The average molecular weight is 326 g/mol. The molecule has 0 aromatic carbocycles. The van der Waals surface area contributed by atoms with Crippen molar-refractivity contribution in [3.8, 4) is 0 Å². The number of aryl methyl sites for hydroxylation is 1. The highest BCUT2D eigenvalue weighted by atomic mass is 35.5. The SMILES string of the molecule is C=CCN(Cc1ccc(Cl)s1)C(=O)CCc1cccs1. The summed E-state index contributed by atoms with van der Waals surface area (Å²) in [7, 11) is 0. The van der Waals surface area contributed by atoms with Gasteiger partial charge in [0.15, 0.2) is 0 Å². The van der Waals surface area contributed by atoms with Crippen LogP contribution in [0.4, 0.5) is 0 Å². The molecule has 0 atom stereocenters. The van der Waals surface area contributed by atoms with Gasteiger partial charge in [0.1, 0.15) is 0 Å². The van der Waals surface area contributed by atoms with Gasteiger partial charge in [0.2, 0.25) is 5.91 Å². The number of rotatable bonds is 7. The minimum Gasteiger partial charge on any atom is -0.334 e. The third-order valence-electron chi connectivity index (χ3n) is 2.84. The summed E-state index contributed by atoms with van der Waals surface area (Å²) in [4.78, 5) is 16.5. The summed E-state index contributed by atoms with van der Waals surface area (Å²) < 4.78 is 0.754. The molecule has 0 N–H and O–H groups in total. The first-order chi connectivity index (χ1) is 9.69. The predicted molar refractivity (Wildman–Crippen MR) is 87.6 cm³/mol. The zero-order valence-electron chi connectivity index (χ0n) is 11.0. The molecule has 0 aliphatic heterocycles. The van der Waals surface area contributed by atoms with Crippen molar-refractivity contribution in [2.24, 2.45) is 0 Å². The van der Waals surface area contributed by atoms with E-state index in [1.165, 1.54) is 16.2 Å². The molecule has 0 aliphatic carbocycles. The van der Waals surface area contributed by atoms with Crippen molar-refractivity contribution in [2.75, 3.05) is 6.54 Å². The molecule has 2 nitrogen and oxygen atoms in total. The number of hydrogen-bond acceptors (Lipinski definition) is 3. The number of nitrogens with zero attached hydrogens (tertiary/aromatic N) is 1. The lowest BCUT2D eigenvalue weighted by Crippen LogP contribution is -2.30. The second-order valence-corrected chi connectivity index (χ2v) is 7.18. The first-order valence-corrected chi connectivity index (χ1v) is 8.41. The van der Waals surface area contributed by atoms with Crippen LogP contribution in [0.3, 0.4) is 0 Å². The highest BCUT2D eigenvalue weighted by Crippen LogP contribution is 2.23. The quantitative estimate of drug-likeness (QED) is 0.681. The summed E-state index contributed by atoms with van der Waals surface area (Å²) in [6.45, 7) is 4.90. The molecule has 20 heavy (non-hydrogen) atoms. The third kappa shape index (κ3) is 4.47. The Balaban J connectivity index is 1.92. The van der Waals surface area contributed by atoms with Crippen molar-refractivity contribution < 1.29 is 4.79 Å². The third-order valence-corrected chi connectivity index (χ3v) is 5.00. The molecular formula is C15H16ClNOS2. The summed E-state index contributed by atoms with van der Waals surface area (Å²) in [5, 5.41) is 2.04. The van der Waals surface area contributed by atoms with Gasteiger partial charge in [-0.3, -0.25) is 4.79 Å². The molecule has 2 rings (SSSR count). The summed E-state index contributed by atoms with van der Waals surface area (Å²) >= 11 is 9.13. The molecule has 1 amide bonds. The maximum Gasteiger partial charge on any atom is 0.223 e. The maximum absolute atomic E-state index is 12.3. The Hall–Kier alpha value is -1.10. The number of carbonyl (C=O) groups excluding carboxylic acids is 1. The van der Waals surface area contributed by atoms with Crippen molar-refractivity contribution in [3.63, 3.8) is 0 Å². The van der Waals surface area contributed by atoms with Crippen molar-refractivity contribution in [2.45, 2.75) is 19.4 Å². The molecule has 0 radical (unpaired) electrons. The zero-order valence-corrected chi connectivity index (χ0v) is 13.4. The van der Waals surface area contributed by atoms with E-state index in [4.69, 9.17) is 11.6 Å². The number of hydrogen-bond donors (Lipinski definition) is 0. The van der Waals surface area contributed by atoms with Crippen LogP contribution in [0.15, 0.2) is 42.3 Å². The molecule has 0 saturated heterocycles. The standard InChI is InChI=1S/C15H16ClNOS2/c1-2-9-17(11-13-5-7-14(16)20-13)15(18)8-6-12-4-3-10-19-12/h2-5,7,10H,1,6,8-9,11H2. The second kappa shape index (κ2) is 7.62. The van der Waals surface area contributed by atoms with E-state index in [0.717, 1.165) is 15.6 Å². The molecule has 2 aromatic rings. The molecule has 0 aliphatic rings. The van der Waals surface area contributed by atoms with Crippen LogP contribution < -0.4 is 0 Å². The maximum atomic E-state index is 12.3. The van der Waals surface area contributed by atoms with Crippen LogP contribution in [0.2, 0.25) is 4.34 Å². The Kier molecular flexibility index (Phi) is 5.83. The van der Waals surface area contributed by atoms with Crippen molar-refractivity contribution in [1.82, 2.24) is 4.90 Å². The molecule has 0 saturated carbocycles. The van der Waals surface area contributed by atoms with E-state index >= 15 is 0 Å². The fourth-order valence-corrected chi connectivity index (χ4v) is 3.69.